The van der Waals surface area contributed by atoms with E-state index in [1.165, 1.54) is 6.21 Å². The molecular formula is C17H16ClN3O3. The maximum absolute atomic E-state index is 11.7. The van der Waals surface area contributed by atoms with Gasteiger partial charge < -0.3 is 10.1 Å². The summed E-state index contributed by atoms with van der Waals surface area (Å²) in [5.41, 5.74) is 3.63. The third-order valence-electron chi connectivity index (χ3n) is 3.09. The van der Waals surface area contributed by atoms with Gasteiger partial charge in [0.2, 0.25) is 0 Å². The van der Waals surface area contributed by atoms with Gasteiger partial charge in [0.15, 0.2) is 0 Å². The van der Waals surface area contributed by atoms with E-state index in [1.807, 2.05) is 0 Å². The van der Waals surface area contributed by atoms with Crippen LogP contribution in [0.15, 0.2) is 53.6 Å². The van der Waals surface area contributed by atoms with E-state index < -0.39 is 11.8 Å². The second kappa shape index (κ2) is 8.69. The van der Waals surface area contributed by atoms with E-state index in [0.717, 1.165) is 11.3 Å². The Morgan fingerprint density at radius 1 is 1.12 bits per heavy atom. The number of nitrogens with one attached hydrogen (secondary N) is 2. The Bertz CT molecular complexity index is 745. The van der Waals surface area contributed by atoms with E-state index in [1.54, 1.807) is 55.6 Å². The molecule has 0 aromatic heterocycles. The van der Waals surface area contributed by atoms with Crippen molar-refractivity contribution in [1.82, 2.24) is 10.7 Å². The highest BCUT2D eigenvalue weighted by Gasteiger charge is 2.11. The number of hydrogen-bond donors (Lipinski definition) is 2. The average Bonchev–Trinajstić information content (AvgIpc) is 2.61. The number of amides is 2. The number of hydrazone groups is 1. The number of methoxy groups -OCH3 is 1. The minimum Gasteiger partial charge on any atom is -0.497 e. The lowest BCUT2D eigenvalue weighted by molar-refractivity contribution is -0.139. The standard InChI is InChI=1S/C17H16ClN3O3/c1-24-14-8-6-12(7-9-14)10-19-16(22)17(23)21-20-11-13-4-2-3-5-15(13)18/h2-9,11H,10H2,1H3,(H,19,22)(H,21,23)/b20-11-. The average molecular weight is 346 g/mol. The molecule has 2 aromatic carbocycles. The van der Waals surface area contributed by atoms with Crippen LogP contribution in [0, 0.1) is 0 Å². The molecule has 6 nitrogen and oxygen atoms in total. The molecule has 0 aliphatic heterocycles. The van der Waals surface area contributed by atoms with Crippen LogP contribution in [-0.4, -0.2) is 25.1 Å². The van der Waals surface area contributed by atoms with Gasteiger partial charge in [-0.3, -0.25) is 9.59 Å². The number of carbonyl (C=O) groups is 2. The zero-order chi connectivity index (χ0) is 17.4. The van der Waals surface area contributed by atoms with Crippen LogP contribution in [0.5, 0.6) is 5.75 Å². The molecule has 0 fully saturated rings. The van der Waals surface area contributed by atoms with Gasteiger partial charge in [0, 0.05) is 17.1 Å². The number of ether oxygens (including phenoxy) is 1. The topological polar surface area (TPSA) is 79.8 Å². The number of hydrogen-bond acceptors (Lipinski definition) is 4. The smallest absolute Gasteiger partial charge is 0.329 e. The van der Waals surface area contributed by atoms with E-state index in [2.05, 4.69) is 15.8 Å². The van der Waals surface area contributed by atoms with Crippen LogP contribution in [0.3, 0.4) is 0 Å². The zero-order valence-corrected chi connectivity index (χ0v) is 13.7. The summed E-state index contributed by atoms with van der Waals surface area (Å²) >= 11 is 5.95. The largest absolute Gasteiger partial charge is 0.497 e. The molecule has 2 N–H and O–H groups in total. The minimum absolute atomic E-state index is 0.227. The summed E-state index contributed by atoms with van der Waals surface area (Å²) in [6.07, 6.45) is 1.37. The first-order chi connectivity index (χ1) is 11.6. The van der Waals surface area contributed by atoms with Crippen molar-refractivity contribution in [2.45, 2.75) is 6.54 Å². The van der Waals surface area contributed by atoms with Gasteiger partial charge in [-0.05, 0) is 23.8 Å². The second-order valence-corrected chi connectivity index (χ2v) is 5.16. The fraction of sp³-hybridized carbons (Fsp3) is 0.118. The van der Waals surface area contributed by atoms with E-state index >= 15 is 0 Å². The van der Waals surface area contributed by atoms with E-state index in [4.69, 9.17) is 16.3 Å². The summed E-state index contributed by atoms with van der Waals surface area (Å²) in [4.78, 5) is 23.4. The lowest BCUT2D eigenvalue weighted by Crippen LogP contribution is -2.37. The van der Waals surface area contributed by atoms with Crippen molar-refractivity contribution < 1.29 is 14.3 Å². The molecular weight excluding hydrogens is 330 g/mol. The number of nitrogens with zero attached hydrogens (tertiary/aromatic N) is 1. The van der Waals surface area contributed by atoms with Crippen LogP contribution in [0.1, 0.15) is 11.1 Å². The van der Waals surface area contributed by atoms with Gasteiger partial charge in [-0.25, -0.2) is 5.43 Å². The molecule has 0 heterocycles. The predicted octanol–water partition coefficient (Wildman–Crippen LogP) is 2.12. The summed E-state index contributed by atoms with van der Waals surface area (Å²) < 4.78 is 5.05. The number of halogens is 1. The Hall–Kier alpha value is -2.86. The maximum Gasteiger partial charge on any atom is 0.329 e. The predicted molar refractivity (Wildman–Crippen MR) is 92.0 cm³/mol. The van der Waals surface area contributed by atoms with Crippen LogP contribution in [-0.2, 0) is 16.1 Å². The van der Waals surface area contributed by atoms with Crippen molar-refractivity contribution in [3.8, 4) is 5.75 Å². The van der Waals surface area contributed by atoms with Crippen molar-refractivity contribution in [3.63, 3.8) is 0 Å². The van der Waals surface area contributed by atoms with Crippen LogP contribution in [0.25, 0.3) is 0 Å². The fourth-order valence-electron chi connectivity index (χ4n) is 1.80. The van der Waals surface area contributed by atoms with Crippen molar-refractivity contribution in [2.75, 3.05) is 7.11 Å². The molecule has 2 amide bonds. The van der Waals surface area contributed by atoms with Crippen LogP contribution in [0.4, 0.5) is 0 Å². The third-order valence-corrected chi connectivity index (χ3v) is 3.44. The monoisotopic (exact) mass is 345 g/mol. The van der Waals surface area contributed by atoms with E-state index in [9.17, 15) is 9.59 Å². The quantitative estimate of drug-likeness (QED) is 0.495. The minimum atomic E-state index is -0.855. The first-order valence-corrected chi connectivity index (χ1v) is 7.46. The molecule has 0 aliphatic carbocycles. The lowest BCUT2D eigenvalue weighted by atomic mass is 10.2. The summed E-state index contributed by atoms with van der Waals surface area (Å²) in [6, 6.07) is 14.2. The van der Waals surface area contributed by atoms with E-state index in [0.29, 0.717) is 10.6 Å². The van der Waals surface area contributed by atoms with Crippen molar-refractivity contribution in [3.05, 3.63) is 64.7 Å². The molecule has 0 bridgehead atoms. The Labute approximate surface area is 144 Å². The molecule has 2 rings (SSSR count). The van der Waals surface area contributed by atoms with Crippen molar-refractivity contribution in [2.24, 2.45) is 5.10 Å². The molecule has 124 valence electrons. The molecule has 0 saturated heterocycles. The van der Waals surface area contributed by atoms with Gasteiger partial charge in [-0.1, -0.05) is 41.9 Å². The summed E-state index contributed by atoms with van der Waals surface area (Å²) in [5.74, 6) is -0.911. The first-order valence-electron chi connectivity index (χ1n) is 7.09. The van der Waals surface area contributed by atoms with E-state index in [-0.39, 0.29) is 6.54 Å². The molecule has 2 aromatic rings. The molecule has 0 spiro atoms. The van der Waals surface area contributed by atoms with Gasteiger partial charge in [0.05, 0.1) is 13.3 Å². The van der Waals surface area contributed by atoms with Crippen molar-refractivity contribution >= 4 is 29.6 Å². The normalized spacial score (nSPS) is 10.4. The van der Waals surface area contributed by atoms with Gasteiger partial charge in [-0.15, -0.1) is 0 Å². The summed E-state index contributed by atoms with van der Waals surface area (Å²) in [7, 11) is 1.57. The highest BCUT2D eigenvalue weighted by molar-refractivity contribution is 6.35. The maximum atomic E-state index is 11.7. The Morgan fingerprint density at radius 2 is 1.83 bits per heavy atom. The van der Waals surface area contributed by atoms with Crippen LogP contribution >= 0.6 is 11.6 Å². The van der Waals surface area contributed by atoms with Gasteiger partial charge >= 0.3 is 11.8 Å². The van der Waals surface area contributed by atoms with Gasteiger partial charge in [0.25, 0.3) is 0 Å². The number of carbonyl (C=O) groups excluding carboxylic acids is 2. The Morgan fingerprint density at radius 3 is 2.50 bits per heavy atom. The van der Waals surface area contributed by atoms with Crippen LogP contribution in [0.2, 0.25) is 5.02 Å². The molecule has 0 radical (unpaired) electrons. The highest BCUT2D eigenvalue weighted by atomic mass is 35.5. The molecule has 0 atom stereocenters. The third kappa shape index (κ3) is 5.10. The molecule has 0 saturated carbocycles. The van der Waals surface area contributed by atoms with Crippen molar-refractivity contribution in [1.29, 1.82) is 0 Å². The number of benzene rings is 2. The Kier molecular flexibility index (Phi) is 6.33. The highest BCUT2D eigenvalue weighted by Crippen LogP contribution is 2.12. The molecule has 0 unspecified atom stereocenters. The van der Waals surface area contributed by atoms with Gasteiger partial charge in [-0.2, -0.15) is 5.10 Å². The van der Waals surface area contributed by atoms with Gasteiger partial charge in [0.1, 0.15) is 5.75 Å². The molecule has 7 heteroatoms. The fourth-order valence-corrected chi connectivity index (χ4v) is 1.98. The first kappa shape index (κ1) is 17.5. The zero-order valence-electron chi connectivity index (χ0n) is 13.0. The SMILES string of the molecule is COc1ccc(CNC(=O)C(=O)N/N=C\c2ccccc2Cl)cc1. The lowest BCUT2D eigenvalue weighted by Gasteiger charge is -2.05. The molecule has 0 aliphatic rings. The van der Waals surface area contributed by atoms with Crippen LogP contribution < -0.4 is 15.5 Å². The summed E-state index contributed by atoms with van der Waals surface area (Å²) in [6.45, 7) is 0.227. The summed E-state index contributed by atoms with van der Waals surface area (Å²) in [5, 5.41) is 6.72. The molecule has 24 heavy (non-hydrogen) atoms. The number of rotatable bonds is 5. The second-order valence-electron chi connectivity index (χ2n) is 4.75. The Balaban J connectivity index is 1.81.